The SMILES string of the molecule is C.C.CC.CC.CC.CC.CC.CC.CC.CC.CC.CC.CC.CC.CC.CO.CO[C@H]1CO[C@H]2[C@@H]1OC[C@@H]2O.CO[C@H]1CO[C@H]2[C@@H]1OC[C@H]2O.O=C(c1ccccc1)c1ccccc1.O=C1c2ccccc2C(=O)N1c1ccc(Cc2ccc(O)cc2)cc1.O=S(=O)(c1ccccc1)c1ccccc1.O=S(=O)(c1ccccc1)c1ccccc1. The van der Waals surface area contributed by atoms with Crippen LogP contribution in [0.4, 0.5) is 5.69 Å². The number of carbonyl (C=O) groups is 3. The van der Waals surface area contributed by atoms with E-state index >= 15 is 0 Å². The third-order valence-corrected chi connectivity index (χ3v) is 18.8. The predicted octanol–water partition coefficient (Wildman–Crippen LogP) is 24.3. The highest BCUT2D eigenvalue weighted by Crippen LogP contribution is 2.31. The number of phenols is 1. The first kappa shape index (κ1) is 128. The molecule has 18 nitrogen and oxygen atoms in total. The van der Waals surface area contributed by atoms with Crippen molar-refractivity contribution in [2.75, 3.05) is 52.7 Å². The minimum atomic E-state index is -3.34. The number of methoxy groups -OCH3 is 2. The fourth-order valence-corrected chi connectivity index (χ4v) is 13.0. The van der Waals surface area contributed by atoms with Crippen LogP contribution in [0, 0.1) is 0 Å². The molecule has 9 aromatic rings. The van der Waals surface area contributed by atoms with E-state index in [1.54, 1.807) is 184 Å². The van der Waals surface area contributed by atoms with Crippen LogP contribution < -0.4 is 4.90 Å². The molecule has 5 heterocycles. The number of aliphatic hydroxyl groups is 3. The second-order valence-corrected chi connectivity index (χ2v) is 25.1. The summed E-state index contributed by atoms with van der Waals surface area (Å²) in [5.74, 6) is -0.255. The van der Waals surface area contributed by atoms with Gasteiger partial charge in [-0.2, -0.15) is 0 Å². The number of nitrogens with zero attached hydrogens (tertiary/aromatic N) is 1. The molecule has 121 heavy (non-hydrogen) atoms. The van der Waals surface area contributed by atoms with Crippen LogP contribution in [0.1, 0.15) is 243 Å². The van der Waals surface area contributed by atoms with Gasteiger partial charge in [-0.05, 0) is 102 Å². The molecule has 8 atom stereocenters. The minimum Gasteiger partial charge on any atom is -0.508 e. The number of aliphatic hydroxyl groups excluding tert-OH is 3. The zero-order valence-corrected chi connectivity index (χ0v) is 78.9. The van der Waals surface area contributed by atoms with E-state index in [0.29, 0.717) is 69.2 Å². The van der Waals surface area contributed by atoms with Crippen LogP contribution >= 0.6 is 0 Å². The molecule has 0 bridgehead atoms. The maximum absolute atomic E-state index is 12.5. The maximum Gasteiger partial charge on any atom is 0.266 e. The van der Waals surface area contributed by atoms with Crippen molar-refractivity contribution in [2.24, 2.45) is 0 Å². The summed E-state index contributed by atoms with van der Waals surface area (Å²) in [5, 5.41) is 34.9. The van der Waals surface area contributed by atoms with Gasteiger partial charge in [0.15, 0.2) is 5.78 Å². The molecule has 0 spiro atoms. The summed E-state index contributed by atoms with van der Waals surface area (Å²) >= 11 is 0. The van der Waals surface area contributed by atoms with E-state index in [2.05, 4.69) is 0 Å². The van der Waals surface area contributed by atoms with Crippen LogP contribution in [-0.2, 0) is 54.5 Å². The fourth-order valence-electron chi connectivity index (χ4n) is 10.3. The Morgan fingerprint density at radius 1 is 0.339 bits per heavy atom. The van der Waals surface area contributed by atoms with Crippen molar-refractivity contribution in [2.45, 2.75) is 270 Å². The van der Waals surface area contributed by atoms with Gasteiger partial charge < -0.3 is 48.8 Å². The molecular formula is C101H159NO17S2. The number of hydrogen-bond acceptors (Lipinski definition) is 17. The molecule has 20 heteroatoms. The Morgan fingerprint density at radius 3 is 0.810 bits per heavy atom. The van der Waals surface area contributed by atoms with Crippen molar-refractivity contribution in [3.8, 4) is 5.75 Å². The van der Waals surface area contributed by atoms with Crippen LogP contribution in [0.25, 0.3) is 0 Å². The fraction of sp³-hybridized carbons (Fsp3) is 0.436. The van der Waals surface area contributed by atoms with Gasteiger partial charge in [0, 0.05) is 32.5 Å². The summed E-state index contributed by atoms with van der Waals surface area (Å²) in [4.78, 5) is 39.4. The Morgan fingerprint density at radius 2 is 0.562 bits per heavy atom. The van der Waals surface area contributed by atoms with E-state index < -0.39 is 31.9 Å². The molecular weight excluding hydrogens is 1560 g/mol. The quantitative estimate of drug-likeness (QED) is 0.0693. The zero-order chi connectivity index (χ0) is 92.3. The lowest BCUT2D eigenvalue weighted by molar-refractivity contribution is -0.0168. The third-order valence-electron chi connectivity index (χ3n) is 15.2. The molecule has 0 radical (unpaired) electrons. The summed E-state index contributed by atoms with van der Waals surface area (Å²) in [6.07, 6.45) is -0.692. The smallest absolute Gasteiger partial charge is 0.266 e. The summed E-state index contributed by atoms with van der Waals surface area (Å²) in [6, 6.07) is 73.6. The average molecular weight is 1720 g/mol. The predicted molar refractivity (Wildman–Crippen MR) is 510 cm³/mol. The van der Waals surface area contributed by atoms with E-state index in [0.717, 1.165) is 29.4 Å². The summed E-state index contributed by atoms with van der Waals surface area (Å²) < 4.78 is 79.5. The Labute approximate surface area is 734 Å². The Hall–Kier alpha value is -8.87. The molecule has 0 aliphatic carbocycles. The molecule has 14 rings (SSSR count). The number of phenolic OH excluding ortho intramolecular Hbond substituents is 1. The number of amides is 2. The number of ketones is 1. The first-order chi connectivity index (χ1) is 58.1. The molecule has 4 saturated heterocycles. The van der Waals surface area contributed by atoms with Crippen molar-refractivity contribution in [3.05, 3.63) is 288 Å². The zero-order valence-electron chi connectivity index (χ0n) is 77.3. The minimum absolute atomic E-state index is 0. The van der Waals surface area contributed by atoms with Crippen molar-refractivity contribution in [1.82, 2.24) is 0 Å². The van der Waals surface area contributed by atoms with Gasteiger partial charge >= 0.3 is 0 Å². The van der Waals surface area contributed by atoms with Crippen LogP contribution in [0.2, 0.25) is 0 Å². The number of hydrogen-bond donors (Lipinski definition) is 4. The lowest BCUT2D eigenvalue weighted by Crippen LogP contribution is -2.32. The van der Waals surface area contributed by atoms with Crippen LogP contribution in [0.3, 0.4) is 0 Å². The lowest BCUT2D eigenvalue weighted by atomic mass is 10.0. The van der Waals surface area contributed by atoms with Crippen LogP contribution in [0.15, 0.2) is 274 Å². The second-order valence-electron chi connectivity index (χ2n) is 21.2. The van der Waals surface area contributed by atoms with Gasteiger partial charge in [-0.25, -0.2) is 21.7 Å². The molecule has 0 aromatic heterocycles. The van der Waals surface area contributed by atoms with Gasteiger partial charge in [0.1, 0.15) is 54.6 Å². The highest BCUT2D eigenvalue weighted by molar-refractivity contribution is 7.91. The van der Waals surface area contributed by atoms with E-state index in [1.807, 2.05) is 265 Å². The molecule has 4 fully saturated rings. The van der Waals surface area contributed by atoms with Gasteiger partial charge in [0.05, 0.1) is 62.8 Å². The summed E-state index contributed by atoms with van der Waals surface area (Å²) in [7, 11) is -2.42. The van der Waals surface area contributed by atoms with Crippen LogP contribution in [-0.4, -0.2) is 151 Å². The molecule has 9 aromatic carbocycles. The third kappa shape index (κ3) is 43.6. The monoisotopic (exact) mass is 1720 g/mol. The number of fused-ring (bicyclic) bond motifs is 3. The Balaban J connectivity index is -0.000000201. The Kier molecular flexibility index (Phi) is 86.7. The molecule has 0 saturated carbocycles. The molecule has 5 aliphatic heterocycles. The van der Waals surface area contributed by atoms with E-state index in [1.165, 1.54) is 4.90 Å². The second kappa shape index (κ2) is 82.1. The topological polar surface area (TPSA) is 259 Å². The van der Waals surface area contributed by atoms with E-state index in [4.69, 9.17) is 33.5 Å². The number of sulfone groups is 2. The van der Waals surface area contributed by atoms with Gasteiger partial charge in [0.25, 0.3) is 11.8 Å². The highest BCUT2D eigenvalue weighted by Gasteiger charge is 2.48. The lowest BCUT2D eigenvalue weighted by Gasteiger charge is -2.14. The Bertz CT molecular complexity index is 3710. The number of benzene rings is 9. The van der Waals surface area contributed by atoms with Gasteiger partial charge in [-0.1, -0.05) is 365 Å². The first-order valence-corrected chi connectivity index (χ1v) is 45.6. The van der Waals surface area contributed by atoms with Crippen molar-refractivity contribution in [3.63, 3.8) is 0 Å². The molecule has 0 unspecified atom stereocenters. The summed E-state index contributed by atoms with van der Waals surface area (Å²) in [6.45, 7) is 53.8. The van der Waals surface area contributed by atoms with Crippen molar-refractivity contribution in [1.29, 1.82) is 0 Å². The standard InChI is InChI=1S/C21H15NO3.C13H10O.2C12H10O2S.2C7H12O4.13C2H6.CH4O.2CH4/c23-17-11-7-15(8-12-17)13-14-5-9-16(10-6-14)22-20(24)18-3-1-2-4-19(18)21(22)25;14-13(11-7-3-1-4-8-11)12-9-5-2-6-10-12;2*13-15(14,11-7-3-1-4-8-11)12-9-5-2-6-10-12;2*1-9-5-3-11-6-4(8)2-10-7(5)6;14*1-2;;/h1-12,23H,13H2;1-10H;2*1-10H;2*4-8H,2-3H2,1H3;13*1-2H3;2H,1H3;2*1H4/t;;;;4-,5+,6-,7-;4-,5-,6+,7+;;;;;;;;;;;;;;;;/m....10................/s1. The van der Waals surface area contributed by atoms with E-state index in [9.17, 15) is 46.5 Å². The number of carbonyl (C=O) groups excluding carboxylic acids is 3. The highest BCUT2D eigenvalue weighted by atomic mass is 32.2. The van der Waals surface area contributed by atoms with Gasteiger partial charge in [0.2, 0.25) is 19.7 Å². The largest absolute Gasteiger partial charge is 0.508 e. The molecule has 5 aliphatic rings. The van der Waals surface area contributed by atoms with E-state index in [-0.39, 0.29) is 74.8 Å². The average Bonchev–Trinajstić information content (AvgIpc) is 1.62. The number of anilines is 1. The molecule has 4 N–H and O–H groups in total. The number of rotatable bonds is 11. The van der Waals surface area contributed by atoms with Crippen LogP contribution in [0.5, 0.6) is 5.75 Å². The maximum atomic E-state index is 12.5. The van der Waals surface area contributed by atoms with Gasteiger partial charge in [-0.3, -0.25) is 14.4 Å². The number of ether oxygens (including phenoxy) is 6. The van der Waals surface area contributed by atoms with Gasteiger partial charge in [-0.15, -0.1) is 0 Å². The van der Waals surface area contributed by atoms with Crippen molar-refractivity contribution >= 4 is 43.0 Å². The molecule has 682 valence electrons. The normalized spacial score (nSPS) is 16.3. The molecule has 2 amide bonds. The number of imide groups is 1. The van der Waals surface area contributed by atoms with Crippen molar-refractivity contribution < 1.29 is 80.1 Å². The first-order valence-electron chi connectivity index (χ1n) is 42.6. The summed E-state index contributed by atoms with van der Waals surface area (Å²) in [5.41, 5.74) is 5.07. The number of aromatic hydroxyl groups is 1.